The van der Waals surface area contributed by atoms with Gasteiger partial charge in [-0.05, 0) is 42.5 Å². The lowest BCUT2D eigenvalue weighted by molar-refractivity contribution is 0.171. The Balaban J connectivity index is 1.47. The average molecular weight is 313 g/mol. The van der Waals surface area contributed by atoms with Gasteiger partial charge in [0.15, 0.2) is 11.5 Å². The van der Waals surface area contributed by atoms with E-state index < -0.39 is 0 Å². The first kappa shape index (κ1) is 14.6. The molecule has 1 aliphatic rings. The number of nitrogens with zero attached hydrogens (tertiary/aromatic N) is 1. The molecule has 0 aromatic heterocycles. The van der Waals surface area contributed by atoms with Crippen LogP contribution < -0.4 is 14.2 Å². The Morgan fingerprint density at radius 1 is 1.05 bits per heavy atom. The molecule has 0 saturated heterocycles. The third kappa shape index (κ3) is 3.66. The van der Waals surface area contributed by atoms with Crippen LogP contribution in [0.1, 0.15) is 5.56 Å². The summed E-state index contributed by atoms with van der Waals surface area (Å²) >= 11 is 1.71. The van der Waals surface area contributed by atoms with Crippen molar-refractivity contribution in [1.82, 2.24) is 0 Å². The van der Waals surface area contributed by atoms with Gasteiger partial charge in [-0.25, -0.2) is 0 Å². The number of ether oxygens (including phenoxy) is 3. The number of nitriles is 1. The Morgan fingerprint density at radius 2 is 1.82 bits per heavy atom. The van der Waals surface area contributed by atoms with Crippen molar-refractivity contribution in [2.24, 2.45) is 0 Å². The zero-order chi connectivity index (χ0) is 15.2. The summed E-state index contributed by atoms with van der Waals surface area (Å²) in [6.07, 6.45) is 0. The molecule has 0 saturated carbocycles. The van der Waals surface area contributed by atoms with E-state index in [0.717, 1.165) is 27.9 Å². The van der Waals surface area contributed by atoms with Crippen molar-refractivity contribution in [2.75, 3.05) is 25.6 Å². The quantitative estimate of drug-likeness (QED) is 0.624. The van der Waals surface area contributed by atoms with E-state index in [1.807, 2.05) is 30.3 Å². The van der Waals surface area contributed by atoms with Crippen LogP contribution in [0, 0.1) is 11.3 Å². The van der Waals surface area contributed by atoms with Crippen LogP contribution >= 0.6 is 11.8 Å². The van der Waals surface area contributed by atoms with Gasteiger partial charge < -0.3 is 14.2 Å². The number of hydrogen-bond donors (Lipinski definition) is 0. The molecule has 112 valence electrons. The molecule has 3 rings (SSSR count). The molecule has 1 heterocycles. The Hall–Kier alpha value is -2.32. The topological polar surface area (TPSA) is 51.5 Å². The minimum atomic E-state index is 0.600. The first-order chi connectivity index (χ1) is 10.8. The second kappa shape index (κ2) is 7.10. The van der Waals surface area contributed by atoms with Gasteiger partial charge in [-0.2, -0.15) is 5.26 Å². The smallest absolute Gasteiger partial charge is 0.162 e. The summed E-state index contributed by atoms with van der Waals surface area (Å²) in [4.78, 5) is 1.13. The third-order valence-corrected chi connectivity index (χ3v) is 4.08. The van der Waals surface area contributed by atoms with Crippen LogP contribution in [0.3, 0.4) is 0 Å². The largest absolute Gasteiger partial charge is 0.493 e. The minimum Gasteiger partial charge on any atom is -0.493 e. The lowest BCUT2D eigenvalue weighted by Crippen LogP contribution is -2.15. The van der Waals surface area contributed by atoms with Crippen LogP contribution in [0.4, 0.5) is 0 Å². The van der Waals surface area contributed by atoms with Crippen molar-refractivity contribution in [1.29, 1.82) is 5.26 Å². The van der Waals surface area contributed by atoms with Crippen LogP contribution in [-0.2, 0) is 0 Å². The molecule has 0 spiro atoms. The Labute approximate surface area is 133 Å². The van der Waals surface area contributed by atoms with Gasteiger partial charge in [0.1, 0.15) is 19.0 Å². The summed E-state index contributed by atoms with van der Waals surface area (Å²) in [5.74, 6) is 3.23. The van der Waals surface area contributed by atoms with Gasteiger partial charge in [0, 0.05) is 10.6 Å². The van der Waals surface area contributed by atoms with Crippen molar-refractivity contribution in [2.45, 2.75) is 4.90 Å². The number of thioether (sulfide) groups is 1. The number of fused-ring (bicyclic) bond motifs is 1. The van der Waals surface area contributed by atoms with Gasteiger partial charge in [0.2, 0.25) is 0 Å². The van der Waals surface area contributed by atoms with Crippen LogP contribution in [-0.4, -0.2) is 25.6 Å². The fourth-order valence-electron chi connectivity index (χ4n) is 2.06. The van der Waals surface area contributed by atoms with Gasteiger partial charge in [0.25, 0.3) is 0 Å². The third-order valence-electron chi connectivity index (χ3n) is 3.12. The predicted octanol–water partition coefficient (Wildman–Crippen LogP) is 3.50. The monoisotopic (exact) mass is 313 g/mol. The average Bonchev–Trinajstić information content (AvgIpc) is 2.59. The standard InChI is InChI=1S/C17H15NO3S/c18-12-13-1-3-14(4-2-13)19-9-10-22-15-5-6-16-17(11-15)21-8-7-20-16/h1-6,11H,7-10H2. The molecule has 2 aromatic rings. The number of rotatable bonds is 5. The maximum Gasteiger partial charge on any atom is 0.162 e. The highest BCUT2D eigenvalue weighted by Gasteiger charge is 2.11. The van der Waals surface area contributed by atoms with Crippen molar-refractivity contribution in [3.05, 3.63) is 48.0 Å². The van der Waals surface area contributed by atoms with Crippen molar-refractivity contribution in [3.8, 4) is 23.3 Å². The lowest BCUT2D eigenvalue weighted by Gasteiger charge is -2.18. The molecule has 4 nitrogen and oxygen atoms in total. The number of benzene rings is 2. The van der Waals surface area contributed by atoms with Crippen LogP contribution in [0.5, 0.6) is 17.2 Å². The zero-order valence-electron chi connectivity index (χ0n) is 12.0. The molecular weight excluding hydrogens is 298 g/mol. The van der Waals surface area contributed by atoms with Gasteiger partial charge in [0.05, 0.1) is 18.2 Å². The molecule has 0 amide bonds. The normalized spacial score (nSPS) is 12.5. The molecule has 0 radical (unpaired) electrons. The van der Waals surface area contributed by atoms with Crippen molar-refractivity contribution >= 4 is 11.8 Å². The molecule has 0 N–H and O–H groups in total. The number of hydrogen-bond acceptors (Lipinski definition) is 5. The summed E-state index contributed by atoms with van der Waals surface area (Å²) in [7, 11) is 0. The summed E-state index contributed by atoms with van der Waals surface area (Å²) < 4.78 is 16.7. The Bertz CT molecular complexity index is 679. The summed E-state index contributed by atoms with van der Waals surface area (Å²) in [6.45, 7) is 1.81. The molecule has 1 aliphatic heterocycles. The highest BCUT2D eigenvalue weighted by atomic mass is 32.2. The Morgan fingerprint density at radius 3 is 2.59 bits per heavy atom. The second-order valence-corrected chi connectivity index (χ2v) is 5.81. The molecule has 0 bridgehead atoms. The second-order valence-electron chi connectivity index (χ2n) is 4.64. The summed E-state index contributed by atoms with van der Waals surface area (Å²) in [6, 6.07) is 15.2. The van der Waals surface area contributed by atoms with E-state index in [2.05, 4.69) is 6.07 Å². The van der Waals surface area contributed by atoms with Crippen LogP contribution in [0.15, 0.2) is 47.4 Å². The highest BCUT2D eigenvalue weighted by molar-refractivity contribution is 7.99. The maximum atomic E-state index is 8.74. The molecular formula is C17H15NO3S. The van der Waals surface area contributed by atoms with E-state index in [1.165, 1.54) is 0 Å². The van der Waals surface area contributed by atoms with Crippen LogP contribution in [0.25, 0.3) is 0 Å². The van der Waals surface area contributed by atoms with Crippen LogP contribution in [0.2, 0.25) is 0 Å². The van der Waals surface area contributed by atoms with E-state index >= 15 is 0 Å². The predicted molar refractivity (Wildman–Crippen MR) is 84.8 cm³/mol. The van der Waals surface area contributed by atoms with Gasteiger partial charge >= 0.3 is 0 Å². The fourth-order valence-corrected chi connectivity index (χ4v) is 2.82. The van der Waals surface area contributed by atoms with Gasteiger partial charge in [-0.3, -0.25) is 0 Å². The molecule has 0 aliphatic carbocycles. The minimum absolute atomic E-state index is 0.600. The van der Waals surface area contributed by atoms with E-state index in [-0.39, 0.29) is 0 Å². The van der Waals surface area contributed by atoms with E-state index in [9.17, 15) is 0 Å². The summed E-state index contributed by atoms with van der Waals surface area (Å²) in [5, 5.41) is 8.74. The lowest BCUT2D eigenvalue weighted by atomic mass is 10.2. The molecule has 5 heteroatoms. The van der Waals surface area contributed by atoms with Gasteiger partial charge in [-0.1, -0.05) is 0 Å². The van der Waals surface area contributed by atoms with E-state index in [4.69, 9.17) is 19.5 Å². The van der Waals surface area contributed by atoms with Gasteiger partial charge in [-0.15, -0.1) is 11.8 Å². The maximum absolute atomic E-state index is 8.74. The molecule has 22 heavy (non-hydrogen) atoms. The molecule has 0 atom stereocenters. The summed E-state index contributed by atoms with van der Waals surface area (Å²) in [5.41, 5.74) is 0.637. The molecule has 0 fully saturated rings. The molecule has 0 unspecified atom stereocenters. The van der Waals surface area contributed by atoms with E-state index in [1.54, 1.807) is 23.9 Å². The SMILES string of the molecule is N#Cc1ccc(OCCSc2ccc3c(c2)OCCO3)cc1. The highest BCUT2D eigenvalue weighted by Crippen LogP contribution is 2.34. The van der Waals surface area contributed by atoms with Crippen molar-refractivity contribution < 1.29 is 14.2 Å². The van der Waals surface area contributed by atoms with E-state index in [0.29, 0.717) is 25.4 Å². The van der Waals surface area contributed by atoms with Crippen molar-refractivity contribution in [3.63, 3.8) is 0 Å². The Kier molecular flexibility index (Phi) is 4.71. The fraction of sp³-hybridized carbons (Fsp3) is 0.235. The first-order valence-electron chi connectivity index (χ1n) is 7.00. The molecule has 2 aromatic carbocycles. The first-order valence-corrected chi connectivity index (χ1v) is 7.99. The zero-order valence-corrected chi connectivity index (χ0v) is 12.8.